The van der Waals surface area contributed by atoms with Gasteiger partial charge >= 0.3 is 12.2 Å². The molecule has 7 heteroatoms. The highest BCUT2D eigenvalue weighted by Crippen LogP contribution is 2.02. The zero-order chi connectivity index (χ0) is 19.3. The first kappa shape index (κ1) is 20.3. The first-order valence-electron chi connectivity index (χ1n) is 8.79. The Hall–Kier alpha value is -3.06. The topological polar surface area (TPSA) is 103 Å². The molecule has 1 atom stereocenters. The summed E-state index contributed by atoms with van der Waals surface area (Å²) >= 11 is 0. The molecule has 144 valence electrons. The molecule has 7 nitrogen and oxygen atoms in total. The molecule has 0 spiro atoms. The maximum atomic E-state index is 11.9. The van der Waals surface area contributed by atoms with Gasteiger partial charge in [0, 0.05) is 6.54 Å². The largest absolute Gasteiger partial charge is 0.445 e. The Balaban J connectivity index is 1.70. The van der Waals surface area contributed by atoms with Gasteiger partial charge in [-0.2, -0.15) is 0 Å². The molecule has 27 heavy (non-hydrogen) atoms. The van der Waals surface area contributed by atoms with E-state index in [0.717, 1.165) is 11.1 Å². The Morgan fingerprint density at radius 2 is 1.37 bits per heavy atom. The van der Waals surface area contributed by atoms with Crippen molar-refractivity contribution < 1.29 is 19.1 Å². The fourth-order valence-corrected chi connectivity index (χ4v) is 2.34. The molecule has 2 rings (SSSR count). The molecule has 0 aromatic heterocycles. The predicted octanol–water partition coefficient (Wildman–Crippen LogP) is 2.56. The smallest absolute Gasteiger partial charge is 0.407 e. The lowest BCUT2D eigenvalue weighted by molar-refractivity contribution is 0.129. The van der Waals surface area contributed by atoms with Crippen LogP contribution in [0.4, 0.5) is 9.59 Å². The summed E-state index contributed by atoms with van der Waals surface area (Å²) < 4.78 is 10.3. The quantitative estimate of drug-likeness (QED) is 0.629. The molecule has 0 bridgehead atoms. The van der Waals surface area contributed by atoms with Gasteiger partial charge in [0.25, 0.3) is 0 Å². The number of nitrogens with two attached hydrogens (primary N) is 1. The zero-order valence-electron chi connectivity index (χ0n) is 15.1. The van der Waals surface area contributed by atoms with E-state index in [1.54, 1.807) is 0 Å². The number of alkyl carbamates (subject to hydrolysis) is 2. The van der Waals surface area contributed by atoms with Crippen molar-refractivity contribution in [2.75, 3.05) is 13.1 Å². The lowest BCUT2D eigenvalue weighted by Gasteiger charge is -2.18. The highest BCUT2D eigenvalue weighted by atomic mass is 16.6. The minimum atomic E-state index is -0.559. The van der Waals surface area contributed by atoms with Crippen molar-refractivity contribution in [3.63, 3.8) is 0 Å². The van der Waals surface area contributed by atoms with Crippen molar-refractivity contribution >= 4 is 12.2 Å². The SMILES string of the molecule is NCC[C@@H](CNC(=O)OCc1ccccc1)NC(=O)OCc1ccccc1. The van der Waals surface area contributed by atoms with Gasteiger partial charge in [0.15, 0.2) is 0 Å². The molecule has 0 aliphatic carbocycles. The van der Waals surface area contributed by atoms with Crippen molar-refractivity contribution in [2.45, 2.75) is 25.7 Å². The maximum Gasteiger partial charge on any atom is 0.407 e. The van der Waals surface area contributed by atoms with Crippen LogP contribution in [0.25, 0.3) is 0 Å². The van der Waals surface area contributed by atoms with Gasteiger partial charge in [-0.15, -0.1) is 0 Å². The van der Waals surface area contributed by atoms with Gasteiger partial charge in [0.2, 0.25) is 0 Å². The molecule has 0 unspecified atom stereocenters. The Labute approximate surface area is 158 Å². The van der Waals surface area contributed by atoms with E-state index in [0.29, 0.717) is 13.0 Å². The van der Waals surface area contributed by atoms with Gasteiger partial charge in [0.1, 0.15) is 13.2 Å². The van der Waals surface area contributed by atoms with Gasteiger partial charge in [0.05, 0.1) is 6.04 Å². The molecule has 0 aliphatic heterocycles. The van der Waals surface area contributed by atoms with E-state index >= 15 is 0 Å². The van der Waals surface area contributed by atoms with E-state index in [-0.39, 0.29) is 25.8 Å². The highest BCUT2D eigenvalue weighted by molar-refractivity contribution is 5.69. The third kappa shape index (κ3) is 8.24. The van der Waals surface area contributed by atoms with Crippen LogP contribution in [0.1, 0.15) is 17.5 Å². The predicted molar refractivity (Wildman–Crippen MR) is 102 cm³/mol. The van der Waals surface area contributed by atoms with Crippen molar-refractivity contribution in [3.8, 4) is 0 Å². The summed E-state index contributed by atoms with van der Waals surface area (Å²) in [6.45, 7) is 0.922. The first-order valence-corrected chi connectivity index (χ1v) is 8.79. The molecule has 0 aliphatic rings. The Kier molecular flexibility index (Phi) is 8.65. The van der Waals surface area contributed by atoms with E-state index in [9.17, 15) is 9.59 Å². The van der Waals surface area contributed by atoms with Crippen molar-refractivity contribution in [3.05, 3.63) is 71.8 Å². The van der Waals surface area contributed by atoms with Crippen LogP contribution in [-0.2, 0) is 22.7 Å². The van der Waals surface area contributed by atoms with Gasteiger partial charge in [-0.1, -0.05) is 60.7 Å². The number of benzene rings is 2. The number of hydrogen-bond acceptors (Lipinski definition) is 5. The second kappa shape index (κ2) is 11.5. The molecule has 2 amide bonds. The molecular weight excluding hydrogens is 346 g/mol. The Morgan fingerprint density at radius 3 is 1.89 bits per heavy atom. The molecule has 0 radical (unpaired) electrons. The third-order valence-corrected chi connectivity index (χ3v) is 3.76. The van der Waals surface area contributed by atoms with Crippen LogP contribution in [-0.4, -0.2) is 31.3 Å². The fourth-order valence-electron chi connectivity index (χ4n) is 2.34. The van der Waals surface area contributed by atoms with Crippen LogP contribution < -0.4 is 16.4 Å². The van der Waals surface area contributed by atoms with Crippen LogP contribution in [0.5, 0.6) is 0 Å². The molecule has 0 saturated carbocycles. The summed E-state index contributed by atoms with van der Waals surface area (Å²) in [6.07, 6.45) is -0.614. The molecule has 2 aromatic carbocycles. The summed E-state index contributed by atoms with van der Waals surface area (Å²) in [5.74, 6) is 0. The first-order chi connectivity index (χ1) is 13.2. The standard InChI is InChI=1S/C20H25N3O4/c21-12-11-18(23-20(25)27-15-17-9-5-2-6-10-17)13-22-19(24)26-14-16-7-3-1-4-8-16/h1-10,18H,11-15,21H2,(H,22,24)(H,23,25)/t18-/m0/s1. The zero-order valence-corrected chi connectivity index (χ0v) is 15.1. The average molecular weight is 371 g/mol. The molecule has 2 aromatic rings. The van der Waals surface area contributed by atoms with Crippen molar-refractivity contribution in [1.82, 2.24) is 10.6 Å². The Bertz CT molecular complexity index is 695. The normalized spacial score (nSPS) is 11.3. The number of ether oxygens (including phenoxy) is 2. The number of amides is 2. The number of carbonyl (C=O) groups is 2. The molecule has 4 N–H and O–H groups in total. The summed E-state index contributed by atoms with van der Waals surface area (Å²) in [4.78, 5) is 23.8. The van der Waals surface area contributed by atoms with Crippen LogP contribution in [0.3, 0.4) is 0 Å². The van der Waals surface area contributed by atoms with Gasteiger partial charge in [-0.3, -0.25) is 0 Å². The highest BCUT2D eigenvalue weighted by Gasteiger charge is 2.14. The maximum absolute atomic E-state index is 11.9. The summed E-state index contributed by atoms with van der Waals surface area (Å²) in [5.41, 5.74) is 7.37. The van der Waals surface area contributed by atoms with Crippen molar-refractivity contribution in [2.24, 2.45) is 5.73 Å². The van der Waals surface area contributed by atoms with Crippen LogP contribution in [0, 0.1) is 0 Å². The average Bonchev–Trinajstić information content (AvgIpc) is 2.70. The Morgan fingerprint density at radius 1 is 0.852 bits per heavy atom. The number of hydrogen-bond donors (Lipinski definition) is 3. The number of nitrogens with one attached hydrogen (secondary N) is 2. The van der Waals surface area contributed by atoms with Gasteiger partial charge < -0.3 is 25.8 Å². The van der Waals surface area contributed by atoms with Gasteiger partial charge in [-0.05, 0) is 24.1 Å². The third-order valence-electron chi connectivity index (χ3n) is 3.76. The van der Waals surface area contributed by atoms with E-state index < -0.39 is 12.2 Å². The van der Waals surface area contributed by atoms with Crippen LogP contribution in [0.2, 0.25) is 0 Å². The minimum absolute atomic E-state index is 0.175. The van der Waals surface area contributed by atoms with E-state index in [1.165, 1.54) is 0 Å². The molecular formula is C20H25N3O4. The summed E-state index contributed by atoms with van der Waals surface area (Å²) in [6, 6.07) is 18.4. The van der Waals surface area contributed by atoms with E-state index in [1.807, 2.05) is 60.7 Å². The lowest BCUT2D eigenvalue weighted by Crippen LogP contribution is -2.45. The minimum Gasteiger partial charge on any atom is -0.445 e. The second-order valence-electron chi connectivity index (χ2n) is 5.92. The van der Waals surface area contributed by atoms with Crippen LogP contribution >= 0.6 is 0 Å². The van der Waals surface area contributed by atoms with E-state index in [2.05, 4.69) is 10.6 Å². The molecule has 0 heterocycles. The van der Waals surface area contributed by atoms with E-state index in [4.69, 9.17) is 15.2 Å². The summed E-state index contributed by atoms with van der Waals surface area (Å²) in [7, 11) is 0. The number of carbonyl (C=O) groups excluding carboxylic acids is 2. The second-order valence-corrected chi connectivity index (χ2v) is 5.92. The monoisotopic (exact) mass is 371 g/mol. The van der Waals surface area contributed by atoms with Crippen LogP contribution in [0.15, 0.2) is 60.7 Å². The summed E-state index contributed by atoms with van der Waals surface area (Å²) in [5, 5.41) is 5.34. The molecule has 0 fully saturated rings. The molecule has 0 saturated heterocycles. The fraction of sp³-hybridized carbons (Fsp3) is 0.300. The number of rotatable bonds is 9. The lowest BCUT2D eigenvalue weighted by atomic mass is 10.2. The van der Waals surface area contributed by atoms with Gasteiger partial charge in [-0.25, -0.2) is 9.59 Å². The van der Waals surface area contributed by atoms with Crippen molar-refractivity contribution in [1.29, 1.82) is 0 Å².